The number of carbonyl (C=O) groups is 2. The Bertz CT molecular complexity index is 849. The zero-order valence-electron chi connectivity index (χ0n) is 16.5. The van der Waals surface area contributed by atoms with Crippen LogP contribution in [0.5, 0.6) is 0 Å². The molecule has 1 fully saturated rings. The predicted octanol–water partition coefficient (Wildman–Crippen LogP) is 0.827. The van der Waals surface area contributed by atoms with Crippen LogP contribution in [0.15, 0.2) is 54.6 Å². The second kappa shape index (κ2) is 9.20. The zero-order valence-corrected chi connectivity index (χ0v) is 16.5. The summed E-state index contributed by atoms with van der Waals surface area (Å²) in [4.78, 5) is 25.9. The normalized spacial score (nSPS) is 21.8. The summed E-state index contributed by atoms with van der Waals surface area (Å²) in [5.41, 5.74) is 3.25. The van der Waals surface area contributed by atoms with Crippen molar-refractivity contribution in [3.8, 4) is 0 Å². The average molecular weight is 394 g/mol. The molecule has 2 amide bonds. The lowest BCUT2D eigenvalue weighted by atomic mass is 9.95. The van der Waals surface area contributed by atoms with Crippen LogP contribution in [0.4, 0.5) is 0 Å². The smallest absolute Gasteiger partial charge is 0.279 e. The molecular formula is C23H28N3O3+. The second-order valence-corrected chi connectivity index (χ2v) is 7.75. The van der Waals surface area contributed by atoms with Crippen LogP contribution >= 0.6 is 0 Å². The maximum Gasteiger partial charge on any atom is 0.279 e. The van der Waals surface area contributed by atoms with Gasteiger partial charge in [0.2, 0.25) is 5.91 Å². The molecule has 0 aromatic heterocycles. The van der Waals surface area contributed by atoms with Crippen LogP contribution in [-0.4, -0.2) is 37.1 Å². The molecule has 0 saturated carbocycles. The summed E-state index contributed by atoms with van der Waals surface area (Å²) in [5, 5.41) is 7.99. The van der Waals surface area contributed by atoms with Crippen molar-refractivity contribution < 1.29 is 19.6 Å². The number of benzene rings is 2. The van der Waals surface area contributed by atoms with Gasteiger partial charge >= 0.3 is 0 Å². The van der Waals surface area contributed by atoms with Gasteiger partial charge in [-0.15, -0.1) is 0 Å². The maximum absolute atomic E-state index is 13.0. The molecule has 2 aromatic carbocycles. The fourth-order valence-corrected chi connectivity index (χ4v) is 4.06. The summed E-state index contributed by atoms with van der Waals surface area (Å²) >= 11 is 0. The number of fused-ring (bicyclic) bond motifs is 1. The third-order valence-corrected chi connectivity index (χ3v) is 5.73. The fourth-order valence-electron chi connectivity index (χ4n) is 4.06. The van der Waals surface area contributed by atoms with Crippen molar-refractivity contribution in [1.29, 1.82) is 0 Å². The Balaban J connectivity index is 1.43. The number of amides is 2. The van der Waals surface area contributed by atoms with Gasteiger partial charge in [0.25, 0.3) is 5.91 Å². The van der Waals surface area contributed by atoms with Crippen molar-refractivity contribution in [3.05, 3.63) is 71.3 Å². The topological polar surface area (TPSA) is 84.0 Å². The Hall–Kier alpha value is -2.70. The van der Waals surface area contributed by atoms with E-state index in [4.69, 9.17) is 4.74 Å². The summed E-state index contributed by atoms with van der Waals surface area (Å²) in [6.07, 6.45) is 2.72. The van der Waals surface area contributed by atoms with Gasteiger partial charge in [0, 0.05) is 25.1 Å². The lowest BCUT2D eigenvalue weighted by molar-refractivity contribution is -0.695. The first-order chi connectivity index (χ1) is 14.2. The van der Waals surface area contributed by atoms with Gasteiger partial charge in [-0.1, -0.05) is 54.6 Å². The Labute approximate surface area is 171 Å². The van der Waals surface area contributed by atoms with Crippen molar-refractivity contribution >= 4 is 11.8 Å². The molecule has 29 heavy (non-hydrogen) atoms. The van der Waals surface area contributed by atoms with Gasteiger partial charge < -0.3 is 20.7 Å². The molecule has 2 aliphatic heterocycles. The number of nitrogens with one attached hydrogen (secondary N) is 2. The van der Waals surface area contributed by atoms with Crippen LogP contribution in [0, 0.1) is 0 Å². The van der Waals surface area contributed by atoms with Crippen molar-refractivity contribution in [2.24, 2.45) is 0 Å². The summed E-state index contributed by atoms with van der Waals surface area (Å²) in [6.45, 7) is 1.99. The SMILES string of the molecule is O=C(N[C@@H](C(=O)NC[C@@H]1CCCO1)c1ccccc1)[C@@H]1Cc2ccccc2C[NH2+]1. The highest BCUT2D eigenvalue weighted by atomic mass is 16.5. The average Bonchev–Trinajstić information content (AvgIpc) is 3.29. The predicted molar refractivity (Wildman–Crippen MR) is 109 cm³/mol. The monoisotopic (exact) mass is 394 g/mol. The van der Waals surface area contributed by atoms with Gasteiger partial charge in [0.05, 0.1) is 6.10 Å². The molecule has 0 aliphatic carbocycles. The molecule has 2 aromatic rings. The van der Waals surface area contributed by atoms with Gasteiger partial charge in [0.1, 0.15) is 12.6 Å². The molecule has 4 N–H and O–H groups in total. The van der Waals surface area contributed by atoms with E-state index >= 15 is 0 Å². The van der Waals surface area contributed by atoms with Crippen molar-refractivity contribution in [1.82, 2.24) is 10.6 Å². The minimum atomic E-state index is -0.712. The number of hydrogen-bond acceptors (Lipinski definition) is 3. The fraction of sp³-hybridized carbons (Fsp3) is 0.391. The van der Waals surface area contributed by atoms with Gasteiger partial charge in [-0.05, 0) is 24.0 Å². The molecule has 0 bridgehead atoms. The van der Waals surface area contributed by atoms with E-state index in [9.17, 15) is 9.59 Å². The first kappa shape index (κ1) is 19.6. The van der Waals surface area contributed by atoms with Crippen molar-refractivity contribution in [2.45, 2.75) is 44.0 Å². The minimum Gasteiger partial charge on any atom is -0.376 e. The highest BCUT2D eigenvalue weighted by Crippen LogP contribution is 2.17. The first-order valence-electron chi connectivity index (χ1n) is 10.4. The quantitative estimate of drug-likeness (QED) is 0.679. The number of hydrogen-bond donors (Lipinski definition) is 3. The van der Waals surface area contributed by atoms with E-state index < -0.39 is 6.04 Å². The molecule has 2 aliphatic rings. The largest absolute Gasteiger partial charge is 0.376 e. The van der Waals surface area contributed by atoms with E-state index in [1.165, 1.54) is 11.1 Å². The van der Waals surface area contributed by atoms with E-state index in [0.717, 1.165) is 31.6 Å². The van der Waals surface area contributed by atoms with E-state index in [1.807, 2.05) is 47.8 Å². The van der Waals surface area contributed by atoms with Crippen LogP contribution in [-0.2, 0) is 27.3 Å². The number of rotatable bonds is 6. The van der Waals surface area contributed by atoms with Gasteiger partial charge in [-0.3, -0.25) is 9.59 Å². The molecule has 0 spiro atoms. The third-order valence-electron chi connectivity index (χ3n) is 5.73. The lowest BCUT2D eigenvalue weighted by Gasteiger charge is -2.25. The van der Waals surface area contributed by atoms with E-state index in [2.05, 4.69) is 22.8 Å². The number of carbonyl (C=O) groups excluding carboxylic acids is 2. The molecule has 3 atom stereocenters. The van der Waals surface area contributed by atoms with Crippen LogP contribution in [0.1, 0.15) is 35.6 Å². The Morgan fingerprint density at radius 2 is 1.83 bits per heavy atom. The van der Waals surface area contributed by atoms with Crippen LogP contribution < -0.4 is 16.0 Å². The van der Waals surface area contributed by atoms with Crippen LogP contribution in [0.2, 0.25) is 0 Å². The first-order valence-corrected chi connectivity index (χ1v) is 10.4. The van der Waals surface area contributed by atoms with Crippen LogP contribution in [0.25, 0.3) is 0 Å². The van der Waals surface area contributed by atoms with Crippen molar-refractivity contribution in [2.75, 3.05) is 13.2 Å². The Kier molecular flexibility index (Phi) is 6.22. The second-order valence-electron chi connectivity index (χ2n) is 7.75. The highest BCUT2D eigenvalue weighted by molar-refractivity contribution is 5.90. The number of ether oxygens (including phenoxy) is 1. The van der Waals surface area contributed by atoms with E-state index in [-0.39, 0.29) is 24.0 Å². The number of nitrogens with two attached hydrogens (primary N) is 1. The molecule has 6 nitrogen and oxygen atoms in total. The minimum absolute atomic E-state index is 0.0641. The van der Waals surface area contributed by atoms with Gasteiger partial charge in [0.15, 0.2) is 6.04 Å². The molecule has 152 valence electrons. The lowest BCUT2D eigenvalue weighted by Crippen LogP contribution is -2.93. The molecule has 0 unspecified atom stereocenters. The summed E-state index contributed by atoms with van der Waals surface area (Å²) < 4.78 is 5.59. The zero-order chi connectivity index (χ0) is 20.1. The van der Waals surface area contributed by atoms with E-state index in [0.29, 0.717) is 13.0 Å². The molecule has 6 heteroatoms. The summed E-state index contributed by atoms with van der Waals surface area (Å²) in [7, 11) is 0. The molecular weight excluding hydrogens is 366 g/mol. The molecule has 2 heterocycles. The number of quaternary nitrogens is 1. The summed E-state index contributed by atoms with van der Waals surface area (Å²) in [6, 6.07) is 16.7. The Morgan fingerprint density at radius 3 is 2.59 bits per heavy atom. The standard InChI is InChI=1S/C23H27N3O3/c27-22(20-13-17-9-4-5-10-18(17)14-24-20)26-21(16-7-2-1-3-8-16)23(28)25-15-19-11-6-12-29-19/h1-5,7-10,19-21,24H,6,11-15H2,(H,25,28)(H,26,27)/p+1/t19-,20-,21+/m0/s1. The highest BCUT2D eigenvalue weighted by Gasteiger charge is 2.32. The third kappa shape index (κ3) is 4.83. The van der Waals surface area contributed by atoms with Gasteiger partial charge in [-0.2, -0.15) is 0 Å². The summed E-state index contributed by atoms with van der Waals surface area (Å²) in [5.74, 6) is -0.308. The molecule has 0 radical (unpaired) electrons. The molecule has 1 saturated heterocycles. The van der Waals surface area contributed by atoms with Crippen LogP contribution in [0.3, 0.4) is 0 Å². The van der Waals surface area contributed by atoms with Crippen molar-refractivity contribution in [3.63, 3.8) is 0 Å². The Morgan fingerprint density at radius 1 is 1.07 bits per heavy atom. The van der Waals surface area contributed by atoms with Gasteiger partial charge in [-0.25, -0.2) is 0 Å². The molecule has 4 rings (SSSR count). The maximum atomic E-state index is 13.0. The van der Waals surface area contributed by atoms with E-state index in [1.54, 1.807) is 0 Å².